The second-order valence-corrected chi connectivity index (χ2v) is 9.06. The zero-order valence-corrected chi connectivity index (χ0v) is 21.0. The van der Waals surface area contributed by atoms with Crippen LogP contribution in [-0.4, -0.2) is 61.2 Å². The van der Waals surface area contributed by atoms with Gasteiger partial charge in [-0.15, -0.1) is 24.0 Å². The summed E-state index contributed by atoms with van der Waals surface area (Å²) in [6.07, 6.45) is 8.94. The smallest absolute Gasteiger partial charge is 0.225 e. The molecule has 0 aromatic rings. The second-order valence-electron chi connectivity index (χ2n) is 9.06. The third kappa shape index (κ3) is 5.57. The van der Waals surface area contributed by atoms with E-state index in [0.29, 0.717) is 12.1 Å². The van der Waals surface area contributed by atoms with Crippen LogP contribution in [0.4, 0.5) is 0 Å². The summed E-state index contributed by atoms with van der Waals surface area (Å²) in [5.74, 6) is 1.24. The standard InChI is InChI=1S/C22H40N4O2.HI/c1-5-23-21(24-17-10-13-26(15-17)20(27)16(3)4)25-18-14-19(28-6-2)22(18)11-8-7-9-12-22;/h16-19H,5-15H2,1-4H3,(H2,23,24,25);1H. The van der Waals surface area contributed by atoms with Crippen LogP contribution in [0.2, 0.25) is 0 Å². The van der Waals surface area contributed by atoms with Crippen LogP contribution in [0.5, 0.6) is 0 Å². The Morgan fingerprint density at radius 1 is 1.21 bits per heavy atom. The van der Waals surface area contributed by atoms with Crippen LogP contribution in [0, 0.1) is 11.3 Å². The molecule has 1 heterocycles. The number of guanidine groups is 1. The van der Waals surface area contributed by atoms with Gasteiger partial charge >= 0.3 is 0 Å². The van der Waals surface area contributed by atoms with Gasteiger partial charge in [-0.1, -0.05) is 33.1 Å². The molecule has 168 valence electrons. The molecule has 3 aliphatic rings. The van der Waals surface area contributed by atoms with Crippen molar-refractivity contribution in [2.45, 2.75) is 90.8 Å². The zero-order valence-electron chi connectivity index (χ0n) is 18.7. The molecule has 1 aliphatic heterocycles. The summed E-state index contributed by atoms with van der Waals surface area (Å²) in [7, 11) is 0. The lowest BCUT2D eigenvalue weighted by Gasteiger charge is -2.58. The fourth-order valence-corrected chi connectivity index (χ4v) is 5.36. The minimum Gasteiger partial charge on any atom is -0.378 e. The molecule has 7 heteroatoms. The Hall–Kier alpha value is -0.570. The van der Waals surface area contributed by atoms with Crippen molar-refractivity contribution in [2.24, 2.45) is 16.3 Å². The number of halogens is 1. The molecule has 2 saturated carbocycles. The normalized spacial score (nSPS) is 28.8. The third-order valence-corrected chi connectivity index (χ3v) is 6.90. The van der Waals surface area contributed by atoms with Crippen molar-refractivity contribution in [1.82, 2.24) is 15.5 Å². The van der Waals surface area contributed by atoms with E-state index in [9.17, 15) is 4.79 Å². The monoisotopic (exact) mass is 520 g/mol. The fourth-order valence-electron chi connectivity index (χ4n) is 5.36. The van der Waals surface area contributed by atoms with Gasteiger partial charge in [0.2, 0.25) is 5.91 Å². The lowest BCUT2D eigenvalue weighted by atomic mass is 9.55. The van der Waals surface area contributed by atoms with Crippen LogP contribution >= 0.6 is 24.0 Å². The number of rotatable bonds is 6. The Balaban J connectivity index is 0.00000300. The molecule has 2 N–H and O–H groups in total. The molecule has 0 bridgehead atoms. The number of hydrogen-bond donors (Lipinski definition) is 2. The van der Waals surface area contributed by atoms with Crippen molar-refractivity contribution < 1.29 is 9.53 Å². The quantitative estimate of drug-likeness (QED) is 0.320. The van der Waals surface area contributed by atoms with E-state index in [1.165, 1.54) is 32.1 Å². The van der Waals surface area contributed by atoms with Crippen molar-refractivity contribution >= 4 is 35.8 Å². The number of aliphatic imine (C=N–C) groups is 1. The van der Waals surface area contributed by atoms with Gasteiger partial charge in [0.25, 0.3) is 0 Å². The summed E-state index contributed by atoms with van der Waals surface area (Å²) in [6, 6.07) is 0.725. The van der Waals surface area contributed by atoms with Gasteiger partial charge in [-0.05, 0) is 39.5 Å². The maximum atomic E-state index is 12.3. The van der Waals surface area contributed by atoms with Crippen LogP contribution in [0.25, 0.3) is 0 Å². The summed E-state index contributed by atoms with van der Waals surface area (Å²) >= 11 is 0. The van der Waals surface area contributed by atoms with Crippen molar-refractivity contribution in [2.75, 3.05) is 26.2 Å². The first-order chi connectivity index (χ1) is 13.5. The molecule has 2 aliphatic carbocycles. The van der Waals surface area contributed by atoms with E-state index in [-0.39, 0.29) is 47.3 Å². The van der Waals surface area contributed by atoms with Gasteiger partial charge in [-0.25, -0.2) is 0 Å². The number of likely N-dealkylation sites (tertiary alicyclic amines) is 1. The molecule has 3 fully saturated rings. The first kappa shape index (κ1) is 24.7. The Kier molecular flexibility index (Phi) is 9.51. The number of nitrogens with zero attached hydrogens (tertiary/aromatic N) is 2. The van der Waals surface area contributed by atoms with Gasteiger partial charge in [0.15, 0.2) is 5.96 Å². The van der Waals surface area contributed by atoms with E-state index in [1.54, 1.807) is 0 Å². The minimum atomic E-state index is 0. The van der Waals surface area contributed by atoms with E-state index in [4.69, 9.17) is 9.73 Å². The molecule has 1 saturated heterocycles. The van der Waals surface area contributed by atoms with E-state index in [1.807, 2.05) is 18.7 Å². The van der Waals surface area contributed by atoms with Crippen molar-refractivity contribution in [1.29, 1.82) is 0 Å². The second kappa shape index (κ2) is 11.2. The largest absolute Gasteiger partial charge is 0.378 e. The SMILES string of the molecule is CCN=C(NC1CCN(C(=O)C(C)C)C1)NC1CC(OCC)C12CCCCC2.I. The first-order valence-electron chi connectivity index (χ1n) is 11.5. The Bertz CT molecular complexity index is 563. The highest BCUT2D eigenvalue weighted by molar-refractivity contribution is 14.0. The van der Waals surface area contributed by atoms with E-state index >= 15 is 0 Å². The van der Waals surface area contributed by atoms with Crippen LogP contribution in [-0.2, 0) is 9.53 Å². The average Bonchev–Trinajstić information content (AvgIpc) is 3.15. The van der Waals surface area contributed by atoms with Gasteiger partial charge in [0, 0.05) is 49.7 Å². The van der Waals surface area contributed by atoms with Crippen LogP contribution in [0.1, 0.15) is 72.6 Å². The van der Waals surface area contributed by atoms with Gasteiger partial charge in [-0.3, -0.25) is 9.79 Å². The number of carbonyl (C=O) groups is 1. The molecule has 1 spiro atoms. The van der Waals surface area contributed by atoms with Gasteiger partial charge in [0.1, 0.15) is 0 Å². The first-order valence-corrected chi connectivity index (χ1v) is 11.5. The van der Waals surface area contributed by atoms with Crippen molar-refractivity contribution in [3.8, 4) is 0 Å². The Labute approximate surface area is 194 Å². The van der Waals surface area contributed by atoms with Crippen LogP contribution < -0.4 is 10.6 Å². The summed E-state index contributed by atoms with van der Waals surface area (Å²) < 4.78 is 6.09. The third-order valence-electron chi connectivity index (χ3n) is 6.90. The number of carbonyl (C=O) groups excluding carboxylic acids is 1. The molecule has 1 amide bonds. The van der Waals surface area contributed by atoms with Gasteiger partial charge in [-0.2, -0.15) is 0 Å². The Morgan fingerprint density at radius 2 is 1.93 bits per heavy atom. The number of ether oxygens (including phenoxy) is 1. The summed E-state index contributed by atoms with van der Waals surface area (Å²) in [6.45, 7) is 11.3. The molecule has 29 heavy (non-hydrogen) atoms. The Morgan fingerprint density at radius 3 is 2.55 bits per heavy atom. The fraction of sp³-hybridized carbons (Fsp3) is 0.909. The zero-order chi connectivity index (χ0) is 20.1. The molecule has 0 radical (unpaired) electrons. The van der Waals surface area contributed by atoms with Crippen molar-refractivity contribution in [3.63, 3.8) is 0 Å². The van der Waals surface area contributed by atoms with E-state index in [0.717, 1.165) is 45.0 Å². The predicted octanol–water partition coefficient (Wildman–Crippen LogP) is 3.54. The molecule has 3 rings (SSSR count). The summed E-state index contributed by atoms with van der Waals surface area (Å²) in [5, 5.41) is 7.37. The predicted molar refractivity (Wildman–Crippen MR) is 129 cm³/mol. The molecule has 6 nitrogen and oxygen atoms in total. The highest BCUT2D eigenvalue weighted by Crippen LogP contribution is 2.53. The van der Waals surface area contributed by atoms with Crippen molar-refractivity contribution in [3.05, 3.63) is 0 Å². The van der Waals surface area contributed by atoms with Crippen LogP contribution in [0.3, 0.4) is 0 Å². The number of amides is 1. The molecule has 0 aromatic heterocycles. The number of nitrogens with one attached hydrogen (secondary N) is 2. The highest BCUT2D eigenvalue weighted by atomic mass is 127. The van der Waals surface area contributed by atoms with Crippen LogP contribution in [0.15, 0.2) is 4.99 Å². The van der Waals surface area contributed by atoms with E-state index in [2.05, 4.69) is 24.5 Å². The molecule has 3 atom stereocenters. The molecular weight excluding hydrogens is 479 g/mol. The lowest BCUT2D eigenvalue weighted by molar-refractivity contribution is -0.145. The number of hydrogen-bond acceptors (Lipinski definition) is 3. The van der Waals surface area contributed by atoms with Gasteiger partial charge < -0.3 is 20.3 Å². The minimum absolute atomic E-state index is 0. The van der Waals surface area contributed by atoms with Gasteiger partial charge in [0.05, 0.1) is 6.10 Å². The van der Waals surface area contributed by atoms with E-state index < -0.39 is 0 Å². The summed E-state index contributed by atoms with van der Waals surface area (Å²) in [5.41, 5.74) is 0.278. The molecular formula is C22H41IN4O2. The average molecular weight is 521 g/mol. The molecule has 0 aromatic carbocycles. The highest BCUT2D eigenvalue weighted by Gasteiger charge is 2.56. The summed E-state index contributed by atoms with van der Waals surface area (Å²) in [4.78, 5) is 19.0. The topological polar surface area (TPSA) is 66.0 Å². The lowest BCUT2D eigenvalue weighted by Crippen LogP contribution is -2.67. The molecule has 3 unspecified atom stereocenters. The maximum Gasteiger partial charge on any atom is 0.225 e. The maximum absolute atomic E-state index is 12.3.